The highest BCUT2D eigenvalue weighted by Gasteiger charge is 2.35. The molecule has 0 atom stereocenters. The number of hydrogen-bond acceptors (Lipinski definition) is 5. The van der Waals surface area contributed by atoms with Crippen LogP contribution in [0.15, 0.2) is 42.5 Å². The smallest absolute Gasteiger partial charge is 0.422 e. The molecule has 0 bridgehead atoms. The maximum absolute atomic E-state index is 12.9. The lowest BCUT2D eigenvalue weighted by molar-refractivity contribution is -0.153. The van der Waals surface area contributed by atoms with Crippen molar-refractivity contribution in [1.29, 1.82) is 0 Å². The number of nitrogens with zero attached hydrogens (tertiary/aromatic N) is 2. The summed E-state index contributed by atoms with van der Waals surface area (Å²) in [5.74, 6) is -0.278. The second-order valence-corrected chi connectivity index (χ2v) is 8.11. The van der Waals surface area contributed by atoms with E-state index in [1.54, 1.807) is 9.80 Å². The molecule has 2 amide bonds. The van der Waals surface area contributed by atoms with Gasteiger partial charge in [0.05, 0.1) is 12.1 Å². The van der Waals surface area contributed by atoms with E-state index in [0.717, 1.165) is 11.3 Å². The van der Waals surface area contributed by atoms with Crippen molar-refractivity contribution in [1.82, 2.24) is 4.90 Å². The molecule has 1 fully saturated rings. The van der Waals surface area contributed by atoms with Crippen LogP contribution in [0.5, 0.6) is 5.75 Å². The number of hydrogen-bond donors (Lipinski definition) is 1. The molecular formula is C23H24F3N3O4. The van der Waals surface area contributed by atoms with Crippen LogP contribution in [0.4, 0.5) is 29.3 Å². The number of para-hydroxylation sites is 1. The Hall–Kier alpha value is -3.43. The van der Waals surface area contributed by atoms with Crippen LogP contribution in [0.2, 0.25) is 0 Å². The van der Waals surface area contributed by atoms with Crippen molar-refractivity contribution in [3.05, 3.63) is 53.6 Å². The zero-order valence-electron chi connectivity index (χ0n) is 17.8. The molecule has 176 valence electrons. The Bertz CT molecular complexity index is 1040. The number of alkyl halides is 3. The summed E-state index contributed by atoms with van der Waals surface area (Å²) < 4.78 is 47.9. The van der Waals surface area contributed by atoms with E-state index in [2.05, 4.69) is 0 Å². The van der Waals surface area contributed by atoms with Gasteiger partial charge in [0.1, 0.15) is 12.4 Å². The number of rotatable bonds is 5. The van der Waals surface area contributed by atoms with E-state index < -0.39 is 18.9 Å². The summed E-state index contributed by atoms with van der Waals surface area (Å²) in [4.78, 5) is 28.6. The molecular weight excluding hydrogens is 439 g/mol. The Morgan fingerprint density at radius 3 is 2.61 bits per heavy atom. The van der Waals surface area contributed by atoms with E-state index in [4.69, 9.17) is 15.2 Å². The number of benzene rings is 2. The van der Waals surface area contributed by atoms with Crippen LogP contribution >= 0.6 is 0 Å². The lowest BCUT2D eigenvalue weighted by Crippen LogP contribution is -2.50. The van der Waals surface area contributed by atoms with Gasteiger partial charge in [-0.3, -0.25) is 9.69 Å². The summed E-state index contributed by atoms with van der Waals surface area (Å²) in [5.41, 5.74) is 8.02. The van der Waals surface area contributed by atoms with E-state index in [-0.39, 0.29) is 36.4 Å². The summed E-state index contributed by atoms with van der Waals surface area (Å²) in [5, 5.41) is 0. The van der Waals surface area contributed by atoms with Gasteiger partial charge < -0.3 is 20.1 Å². The van der Waals surface area contributed by atoms with Gasteiger partial charge in [0.25, 0.3) is 0 Å². The van der Waals surface area contributed by atoms with Crippen LogP contribution in [0, 0.1) is 0 Å². The van der Waals surface area contributed by atoms with Gasteiger partial charge in [-0.15, -0.1) is 0 Å². The topological polar surface area (TPSA) is 85.1 Å². The maximum Gasteiger partial charge on any atom is 0.422 e. The second kappa shape index (κ2) is 9.21. The van der Waals surface area contributed by atoms with Gasteiger partial charge in [-0.05, 0) is 25.0 Å². The molecule has 2 heterocycles. The molecule has 4 rings (SSSR count). The van der Waals surface area contributed by atoms with E-state index >= 15 is 0 Å². The number of amides is 2. The normalized spacial score (nSPS) is 16.9. The van der Waals surface area contributed by atoms with Gasteiger partial charge in [0.2, 0.25) is 5.91 Å². The molecule has 0 unspecified atom stereocenters. The highest BCUT2D eigenvalue weighted by atomic mass is 19.4. The predicted molar refractivity (Wildman–Crippen MR) is 115 cm³/mol. The number of cyclic esters (lactones) is 1. The summed E-state index contributed by atoms with van der Waals surface area (Å²) >= 11 is 0. The zero-order valence-corrected chi connectivity index (χ0v) is 17.8. The molecule has 33 heavy (non-hydrogen) atoms. The fraction of sp³-hybridized carbons (Fsp3) is 0.391. The molecule has 1 saturated heterocycles. The Kier molecular flexibility index (Phi) is 6.35. The maximum atomic E-state index is 12.9. The van der Waals surface area contributed by atoms with Crippen molar-refractivity contribution in [2.75, 3.05) is 30.3 Å². The van der Waals surface area contributed by atoms with Crippen LogP contribution < -0.4 is 15.4 Å². The fourth-order valence-corrected chi connectivity index (χ4v) is 4.18. The third kappa shape index (κ3) is 5.32. The summed E-state index contributed by atoms with van der Waals surface area (Å²) in [7, 11) is 0. The minimum Gasteiger partial charge on any atom is -0.484 e. The molecule has 10 heteroatoms. The van der Waals surface area contributed by atoms with Crippen molar-refractivity contribution >= 4 is 23.4 Å². The van der Waals surface area contributed by atoms with Gasteiger partial charge in [-0.25, -0.2) is 4.79 Å². The highest BCUT2D eigenvalue weighted by Crippen LogP contribution is 2.32. The SMILES string of the molecule is Nc1ccc(CC(=O)N2CCC(N3C(=O)OCc4ccccc43)CC2)c(OCC(F)(F)F)c1. The molecule has 0 aromatic heterocycles. The summed E-state index contributed by atoms with van der Waals surface area (Å²) in [6, 6.07) is 11.8. The molecule has 2 aromatic rings. The van der Waals surface area contributed by atoms with E-state index in [0.29, 0.717) is 31.5 Å². The Morgan fingerprint density at radius 2 is 1.88 bits per heavy atom. The minimum atomic E-state index is -4.50. The fourth-order valence-electron chi connectivity index (χ4n) is 4.18. The molecule has 0 radical (unpaired) electrons. The van der Waals surface area contributed by atoms with E-state index in [1.807, 2.05) is 24.3 Å². The van der Waals surface area contributed by atoms with E-state index in [9.17, 15) is 22.8 Å². The predicted octanol–water partition coefficient (Wildman–Crippen LogP) is 3.90. The number of fused-ring (bicyclic) bond motifs is 1. The summed E-state index contributed by atoms with van der Waals surface area (Å²) in [6.07, 6.45) is -3.87. The first-order valence-corrected chi connectivity index (χ1v) is 10.6. The first-order valence-electron chi connectivity index (χ1n) is 10.6. The number of nitrogen functional groups attached to an aromatic ring is 1. The number of carbonyl (C=O) groups is 2. The van der Waals surface area contributed by atoms with Crippen molar-refractivity contribution in [2.24, 2.45) is 0 Å². The minimum absolute atomic E-state index is 0.0526. The van der Waals surface area contributed by atoms with Crippen molar-refractivity contribution < 1.29 is 32.2 Å². The number of piperidine rings is 1. The van der Waals surface area contributed by atoms with Gasteiger partial charge in [0, 0.05) is 42.0 Å². The highest BCUT2D eigenvalue weighted by molar-refractivity contribution is 5.91. The standard InChI is InChI=1S/C23H24F3N3O4/c24-23(25,26)14-33-20-12-17(27)6-5-15(20)11-21(30)28-9-7-18(8-10-28)29-19-4-2-1-3-16(19)13-32-22(29)31/h1-6,12,18H,7-11,13-14,27H2. The summed E-state index contributed by atoms with van der Waals surface area (Å²) in [6.45, 7) is -0.383. The molecule has 2 aliphatic rings. The molecule has 0 spiro atoms. The van der Waals surface area contributed by atoms with Gasteiger partial charge in [-0.2, -0.15) is 13.2 Å². The van der Waals surface area contributed by atoms with Crippen LogP contribution in [0.1, 0.15) is 24.0 Å². The van der Waals surface area contributed by atoms with Crippen LogP contribution in [-0.4, -0.2) is 48.8 Å². The lowest BCUT2D eigenvalue weighted by atomic mass is 10.00. The number of halogens is 3. The number of likely N-dealkylation sites (tertiary alicyclic amines) is 1. The molecule has 0 aliphatic carbocycles. The second-order valence-electron chi connectivity index (χ2n) is 8.11. The van der Waals surface area contributed by atoms with Crippen LogP contribution in [-0.2, 0) is 22.6 Å². The lowest BCUT2D eigenvalue weighted by Gasteiger charge is -2.40. The van der Waals surface area contributed by atoms with Crippen molar-refractivity contribution in [2.45, 2.75) is 38.1 Å². The van der Waals surface area contributed by atoms with Crippen LogP contribution in [0.25, 0.3) is 0 Å². The number of carbonyl (C=O) groups excluding carboxylic acids is 2. The number of nitrogens with two attached hydrogens (primary N) is 1. The average Bonchev–Trinajstić information content (AvgIpc) is 2.78. The molecule has 2 aromatic carbocycles. The molecule has 2 N–H and O–H groups in total. The molecule has 7 nitrogen and oxygen atoms in total. The van der Waals surface area contributed by atoms with Crippen molar-refractivity contribution in [3.8, 4) is 5.75 Å². The molecule has 2 aliphatic heterocycles. The number of ether oxygens (including phenoxy) is 2. The van der Waals surface area contributed by atoms with Gasteiger partial charge in [0.15, 0.2) is 6.61 Å². The quantitative estimate of drug-likeness (QED) is 0.680. The van der Waals surface area contributed by atoms with Crippen LogP contribution in [0.3, 0.4) is 0 Å². The van der Waals surface area contributed by atoms with E-state index in [1.165, 1.54) is 18.2 Å². The Balaban J connectivity index is 1.39. The third-order valence-electron chi connectivity index (χ3n) is 5.81. The monoisotopic (exact) mass is 463 g/mol. The number of anilines is 2. The first-order chi connectivity index (χ1) is 15.7. The Morgan fingerprint density at radius 1 is 1.15 bits per heavy atom. The third-order valence-corrected chi connectivity index (χ3v) is 5.81. The van der Waals surface area contributed by atoms with Crippen molar-refractivity contribution in [3.63, 3.8) is 0 Å². The first kappa shape index (κ1) is 22.8. The largest absolute Gasteiger partial charge is 0.484 e. The molecule has 0 saturated carbocycles. The zero-order chi connectivity index (χ0) is 23.6. The average molecular weight is 463 g/mol. The van der Waals surface area contributed by atoms with Gasteiger partial charge in [-0.1, -0.05) is 24.3 Å². The Labute approximate surface area is 188 Å². The van der Waals surface area contributed by atoms with Gasteiger partial charge >= 0.3 is 12.3 Å².